The van der Waals surface area contributed by atoms with E-state index in [2.05, 4.69) is 24.3 Å². The maximum atomic E-state index is 10.8. The molecule has 1 fully saturated rings. The summed E-state index contributed by atoms with van der Waals surface area (Å²) in [5.41, 5.74) is 1.37. The molecule has 0 heterocycles. The molecule has 2 rings (SSSR count). The van der Waals surface area contributed by atoms with Gasteiger partial charge in [-0.25, -0.2) is 0 Å². The maximum absolute atomic E-state index is 10.8. The van der Waals surface area contributed by atoms with Crippen LogP contribution in [-0.4, -0.2) is 23.8 Å². The van der Waals surface area contributed by atoms with E-state index in [1.165, 1.54) is 5.56 Å². The molecule has 0 radical (unpaired) electrons. The van der Waals surface area contributed by atoms with Crippen LogP contribution in [0.15, 0.2) is 30.3 Å². The molecule has 104 valence electrons. The molecule has 0 aromatic heterocycles. The molecule has 0 amide bonds. The Kier molecular flexibility index (Phi) is 5.40. The van der Waals surface area contributed by atoms with E-state index in [1.54, 1.807) is 0 Å². The largest absolute Gasteiger partial charge is 0.481 e. The van der Waals surface area contributed by atoms with Crippen LogP contribution < -0.4 is 0 Å². The molecule has 2 atom stereocenters. The van der Waals surface area contributed by atoms with Crippen molar-refractivity contribution in [3.63, 3.8) is 0 Å². The lowest BCUT2D eigenvalue weighted by Crippen LogP contribution is -2.13. The molecule has 0 spiro atoms. The van der Waals surface area contributed by atoms with Gasteiger partial charge in [0.25, 0.3) is 0 Å². The first-order valence-corrected chi connectivity index (χ1v) is 7.14. The van der Waals surface area contributed by atoms with Crippen molar-refractivity contribution < 1.29 is 14.6 Å². The maximum Gasteiger partial charge on any atom is 0.306 e. The van der Waals surface area contributed by atoms with Gasteiger partial charge in [-0.05, 0) is 44.1 Å². The fourth-order valence-electron chi connectivity index (χ4n) is 2.64. The van der Waals surface area contributed by atoms with Crippen molar-refractivity contribution in [1.82, 2.24) is 0 Å². The molecule has 1 aromatic rings. The van der Waals surface area contributed by atoms with Crippen LogP contribution in [0.1, 0.15) is 37.7 Å². The summed E-state index contributed by atoms with van der Waals surface area (Å²) < 4.78 is 5.76. The quantitative estimate of drug-likeness (QED) is 0.767. The van der Waals surface area contributed by atoms with E-state index in [4.69, 9.17) is 9.84 Å². The van der Waals surface area contributed by atoms with E-state index in [-0.39, 0.29) is 12.0 Å². The lowest BCUT2D eigenvalue weighted by molar-refractivity contribution is -0.141. The van der Waals surface area contributed by atoms with Gasteiger partial charge in [0.1, 0.15) is 0 Å². The highest BCUT2D eigenvalue weighted by Crippen LogP contribution is 2.28. The van der Waals surface area contributed by atoms with Gasteiger partial charge in [0.05, 0.1) is 12.0 Å². The number of aliphatic carboxylic acids is 1. The van der Waals surface area contributed by atoms with Crippen LogP contribution in [0.5, 0.6) is 0 Å². The summed E-state index contributed by atoms with van der Waals surface area (Å²) in [7, 11) is 0. The van der Waals surface area contributed by atoms with Crippen LogP contribution in [0.4, 0.5) is 0 Å². The van der Waals surface area contributed by atoms with Gasteiger partial charge in [-0.3, -0.25) is 4.79 Å². The first-order chi connectivity index (χ1) is 9.25. The van der Waals surface area contributed by atoms with Crippen LogP contribution in [-0.2, 0) is 16.0 Å². The molecule has 19 heavy (non-hydrogen) atoms. The number of carboxylic acid groups (broad SMARTS) is 1. The normalized spacial score (nSPS) is 22.5. The number of hydrogen-bond donors (Lipinski definition) is 1. The Morgan fingerprint density at radius 3 is 2.68 bits per heavy atom. The topological polar surface area (TPSA) is 46.5 Å². The summed E-state index contributed by atoms with van der Waals surface area (Å²) >= 11 is 0. The molecule has 1 aliphatic carbocycles. The van der Waals surface area contributed by atoms with Crippen LogP contribution in [0.3, 0.4) is 0 Å². The minimum Gasteiger partial charge on any atom is -0.481 e. The Morgan fingerprint density at radius 2 is 2.00 bits per heavy atom. The number of unbranched alkanes of at least 4 members (excludes halogenated alkanes) is 1. The van der Waals surface area contributed by atoms with Crippen molar-refractivity contribution in [2.75, 3.05) is 6.61 Å². The van der Waals surface area contributed by atoms with Crippen molar-refractivity contribution in [3.05, 3.63) is 35.9 Å². The second-order valence-electron chi connectivity index (χ2n) is 5.28. The third-order valence-corrected chi connectivity index (χ3v) is 3.79. The Bertz CT molecular complexity index is 388. The summed E-state index contributed by atoms with van der Waals surface area (Å²) in [6.45, 7) is 0.754. The van der Waals surface area contributed by atoms with E-state index < -0.39 is 5.97 Å². The van der Waals surface area contributed by atoms with E-state index in [9.17, 15) is 4.79 Å². The zero-order valence-corrected chi connectivity index (χ0v) is 11.3. The molecule has 1 aliphatic rings. The zero-order valence-electron chi connectivity index (χ0n) is 11.3. The van der Waals surface area contributed by atoms with Crippen molar-refractivity contribution in [2.24, 2.45) is 5.92 Å². The van der Waals surface area contributed by atoms with Crippen LogP contribution >= 0.6 is 0 Å². The molecular formula is C16H22O3. The smallest absolute Gasteiger partial charge is 0.306 e. The van der Waals surface area contributed by atoms with Gasteiger partial charge >= 0.3 is 5.97 Å². The minimum absolute atomic E-state index is 0.165. The van der Waals surface area contributed by atoms with Crippen LogP contribution in [0, 0.1) is 5.92 Å². The molecule has 1 saturated carbocycles. The number of benzene rings is 1. The average molecular weight is 262 g/mol. The summed E-state index contributed by atoms with van der Waals surface area (Å²) in [6.07, 6.45) is 5.78. The van der Waals surface area contributed by atoms with Gasteiger partial charge in [0.2, 0.25) is 0 Å². The van der Waals surface area contributed by atoms with Gasteiger partial charge in [0.15, 0.2) is 0 Å². The summed E-state index contributed by atoms with van der Waals surface area (Å²) in [4.78, 5) is 10.8. The molecule has 0 saturated heterocycles. The van der Waals surface area contributed by atoms with Crippen molar-refractivity contribution >= 4 is 5.97 Å². The second-order valence-corrected chi connectivity index (χ2v) is 5.28. The van der Waals surface area contributed by atoms with Gasteiger partial charge < -0.3 is 9.84 Å². The molecule has 1 N–H and O–H groups in total. The Morgan fingerprint density at radius 1 is 1.21 bits per heavy atom. The number of ether oxygens (including phenoxy) is 1. The molecule has 0 bridgehead atoms. The fraction of sp³-hybridized carbons (Fsp3) is 0.562. The Balaban J connectivity index is 1.54. The standard InChI is InChI=1S/C16H22O3/c17-16(18)14-9-10-15(12-14)19-11-5-4-8-13-6-2-1-3-7-13/h1-3,6-7,14-15H,4-5,8-12H2,(H,17,18). The second kappa shape index (κ2) is 7.29. The van der Waals surface area contributed by atoms with Crippen molar-refractivity contribution in [2.45, 2.75) is 44.6 Å². The highest BCUT2D eigenvalue weighted by atomic mass is 16.5. The fourth-order valence-corrected chi connectivity index (χ4v) is 2.64. The third-order valence-electron chi connectivity index (χ3n) is 3.79. The number of rotatable bonds is 7. The van der Waals surface area contributed by atoms with Crippen LogP contribution in [0.2, 0.25) is 0 Å². The van der Waals surface area contributed by atoms with E-state index in [1.807, 2.05) is 6.07 Å². The highest BCUT2D eigenvalue weighted by molar-refractivity contribution is 5.70. The molecule has 3 nitrogen and oxygen atoms in total. The zero-order chi connectivity index (χ0) is 13.5. The summed E-state index contributed by atoms with van der Waals surface area (Å²) in [5.74, 6) is -0.857. The van der Waals surface area contributed by atoms with Gasteiger partial charge in [-0.1, -0.05) is 30.3 Å². The molecule has 0 aliphatic heterocycles. The monoisotopic (exact) mass is 262 g/mol. The lowest BCUT2D eigenvalue weighted by atomic mass is 10.1. The van der Waals surface area contributed by atoms with Crippen molar-refractivity contribution in [3.8, 4) is 0 Å². The number of hydrogen-bond acceptors (Lipinski definition) is 2. The number of aryl methyl sites for hydroxylation is 1. The highest BCUT2D eigenvalue weighted by Gasteiger charge is 2.29. The van der Waals surface area contributed by atoms with Gasteiger partial charge in [-0.15, -0.1) is 0 Å². The minimum atomic E-state index is -0.671. The van der Waals surface area contributed by atoms with Crippen molar-refractivity contribution in [1.29, 1.82) is 0 Å². The van der Waals surface area contributed by atoms with Gasteiger partial charge in [0, 0.05) is 6.61 Å². The predicted molar refractivity (Wildman–Crippen MR) is 74.1 cm³/mol. The SMILES string of the molecule is O=C(O)C1CCC(OCCCCc2ccccc2)C1. The Labute approximate surface area is 114 Å². The van der Waals surface area contributed by atoms with Crippen LogP contribution in [0.25, 0.3) is 0 Å². The summed E-state index contributed by atoms with van der Waals surface area (Å²) in [6, 6.07) is 10.5. The van der Waals surface area contributed by atoms with E-state index in [0.717, 1.165) is 38.7 Å². The van der Waals surface area contributed by atoms with E-state index >= 15 is 0 Å². The third kappa shape index (κ3) is 4.67. The Hall–Kier alpha value is -1.35. The first-order valence-electron chi connectivity index (χ1n) is 7.14. The average Bonchev–Trinajstić information content (AvgIpc) is 2.89. The van der Waals surface area contributed by atoms with E-state index in [0.29, 0.717) is 6.42 Å². The number of carboxylic acids is 1. The first kappa shape index (κ1) is 14.1. The molecule has 2 unspecified atom stereocenters. The molecular weight excluding hydrogens is 240 g/mol. The number of carbonyl (C=O) groups is 1. The molecule has 1 aromatic carbocycles. The van der Waals surface area contributed by atoms with Gasteiger partial charge in [-0.2, -0.15) is 0 Å². The lowest BCUT2D eigenvalue weighted by Gasteiger charge is -2.11. The predicted octanol–water partition coefficient (Wildman–Crippen LogP) is 3.28. The molecule has 3 heteroatoms. The summed E-state index contributed by atoms with van der Waals surface area (Å²) in [5, 5.41) is 8.91.